The fourth-order valence-corrected chi connectivity index (χ4v) is 3.98. The molecule has 1 aliphatic rings. The maximum atomic E-state index is 13.4. The van der Waals surface area contributed by atoms with Crippen LogP contribution >= 0.6 is 0 Å². The van der Waals surface area contributed by atoms with Crippen LogP contribution in [0.25, 0.3) is 16.7 Å². The summed E-state index contributed by atoms with van der Waals surface area (Å²) in [6, 6.07) is 5.18. The van der Waals surface area contributed by atoms with E-state index in [1.54, 1.807) is 23.1 Å². The van der Waals surface area contributed by atoms with Crippen LogP contribution in [0.2, 0.25) is 0 Å². The molecule has 0 spiro atoms. The predicted molar refractivity (Wildman–Crippen MR) is 109 cm³/mol. The van der Waals surface area contributed by atoms with E-state index in [1.165, 1.54) is 16.9 Å². The van der Waals surface area contributed by atoms with E-state index in [2.05, 4.69) is 20.2 Å². The van der Waals surface area contributed by atoms with Crippen LogP contribution in [0.15, 0.2) is 47.7 Å². The molecular weight excluding hydrogens is 425 g/mol. The molecule has 4 heterocycles. The summed E-state index contributed by atoms with van der Waals surface area (Å²) in [4.78, 5) is 19.9. The largest absolute Gasteiger partial charge is 0.416 e. The van der Waals surface area contributed by atoms with Gasteiger partial charge in [0.1, 0.15) is 11.2 Å². The number of hydrogen-bond acceptors (Lipinski definition) is 5. The number of halogens is 3. The van der Waals surface area contributed by atoms with Crippen molar-refractivity contribution in [2.45, 2.75) is 31.5 Å². The van der Waals surface area contributed by atoms with Crippen molar-refractivity contribution < 1.29 is 17.9 Å². The van der Waals surface area contributed by atoms with Gasteiger partial charge in [0.15, 0.2) is 5.65 Å². The van der Waals surface area contributed by atoms with Crippen LogP contribution in [-0.2, 0) is 17.3 Å². The van der Waals surface area contributed by atoms with Gasteiger partial charge in [0.2, 0.25) is 0 Å². The molecule has 1 aromatic carbocycles. The minimum absolute atomic E-state index is 0.0107. The number of rotatable bonds is 4. The lowest BCUT2D eigenvalue weighted by Gasteiger charge is -2.22. The van der Waals surface area contributed by atoms with Crippen LogP contribution in [0.5, 0.6) is 0 Å². The van der Waals surface area contributed by atoms with Crippen molar-refractivity contribution in [1.82, 2.24) is 29.5 Å². The molecule has 0 aliphatic carbocycles. The van der Waals surface area contributed by atoms with E-state index in [1.807, 2.05) is 0 Å². The molecule has 4 aromatic rings. The number of ether oxygens (including phenoxy) is 1. The van der Waals surface area contributed by atoms with Crippen LogP contribution in [0.3, 0.4) is 0 Å². The van der Waals surface area contributed by atoms with Crippen LogP contribution < -0.4 is 5.56 Å². The van der Waals surface area contributed by atoms with Crippen molar-refractivity contribution in [2.24, 2.45) is 0 Å². The average Bonchev–Trinajstić information content (AvgIpc) is 3.44. The normalized spacial score (nSPS) is 15.5. The third kappa shape index (κ3) is 3.79. The zero-order valence-electron chi connectivity index (χ0n) is 16.8. The Morgan fingerprint density at radius 1 is 1.19 bits per heavy atom. The molecule has 1 aliphatic heterocycles. The van der Waals surface area contributed by atoms with E-state index in [-0.39, 0.29) is 23.8 Å². The highest BCUT2D eigenvalue weighted by molar-refractivity contribution is 5.73. The van der Waals surface area contributed by atoms with Crippen molar-refractivity contribution in [1.29, 1.82) is 0 Å². The highest BCUT2D eigenvalue weighted by atomic mass is 19.4. The monoisotopic (exact) mass is 444 g/mol. The van der Waals surface area contributed by atoms with Gasteiger partial charge < -0.3 is 9.72 Å². The molecule has 0 atom stereocenters. The van der Waals surface area contributed by atoms with Gasteiger partial charge in [-0.15, -0.1) is 0 Å². The Bertz CT molecular complexity index is 1300. The molecule has 11 heteroatoms. The number of H-pyrrole nitrogens is 1. The molecule has 3 aromatic heterocycles. The molecule has 0 amide bonds. The average molecular weight is 444 g/mol. The minimum Gasteiger partial charge on any atom is -0.381 e. The molecule has 1 saturated heterocycles. The van der Waals surface area contributed by atoms with Crippen LogP contribution in [0.4, 0.5) is 13.2 Å². The zero-order valence-corrected chi connectivity index (χ0v) is 16.8. The van der Waals surface area contributed by atoms with E-state index in [0.29, 0.717) is 35.5 Å². The summed E-state index contributed by atoms with van der Waals surface area (Å²) in [7, 11) is 0. The second kappa shape index (κ2) is 7.90. The van der Waals surface area contributed by atoms with Crippen molar-refractivity contribution in [3.05, 3.63) is 70.2 Å². The fourth-order valence-electron chi connectivity index (χ4n) is 3.98. The summed E-state index contributed by atoms with van der Waals surface area (Å²) < 4.78 is 48.7. The standard InChI is InChI=1S/C21H19F3N6O2/c22-21(23,24)14-2-3-17(29-7-1-6-25-29)13(10-14)11-18-27-19-16(20(31)28-18)12-26-30(19)15-4-8-32-9-5-15/h1-3,6-7,10,12,15H,4-5,8-9,11H2,(H,27,28,31). The van der Waals surface area contributed by atoms with Gasteiger partial charge in [-0.05, 0) is 42.7 Å². The van der Waals surface area contributed by atoms with Gasteiger partial charge in [0.25, 0.3) is 5.56 Å². The van der Waals surface area contributed by atoms with Crippen molar-refractivity contribution in [2.75, 3.05) is 13.2 Å². The number of nitrogens with one attached hydrogen (secondary N) is 1. The molecule has 8 nitrogen and oxygen atoms in total. The number of aromatic amines is 1. The Morgan fingerprint density at radius 2 is 2.00 bits per heavy atom. The number of fused-ring (bicyclic) bond motifs is 1. The third-order valence-electron chi connectivity index (χ3n) is 5.57. The quantitative estimate of drug-likeness (QED) is 0.522. The predicted octanol–water partition coefficient (Wildman–Crippen LogP) is 3.27. The maximum Gasteiger partial charge on any atom is 0.416 e. The van der Waals surface area contributed by atoms with Gasteiger partial charge in [-0.1, -0.05) is 0 Å². The third-order valence-corrected chi connectivity index (χ3v) is 5.57. The van der Waals surface area contributed by atoms with Gasteiger partial charge in [0.05, 0.1) is 23.5 Å². The molecule has 0 bridgehead atoms. The molecule has 0 radical (unpaired) electrons. The summed E-state index contributed by atoms with van der Waals surface area (Å²) >= 11 is 0. The van der Waals surface area contributed by atoms with Gasteiger partial charge in [-0.3, -0.25) is 4.79 Å². The first-order chi connectivity index (χ1) is 15.4. The van der Waals surface area contributed by atoms with Crippen molar-refractivity contribution in [3.63, 3.8) is 0 Å². The second-order valence-corrected chi connectivity index (χ2v) is 7.65. The van der Waals surface area contributed by atoms with Crippen LogP contribution in [0.1, 0.15) is 35.8 Å². The Kier molecular flexibility index (Phi) is 5.04. The van der Waals surface area contributed by atoms with E-state index in [0.717, 1.165) is 25.0 Å². The SMILES string of the molecule is O=c1[nH]c(Cc2cc(C(F)(F)F)ccc2-n2cccn2)nc2c1cnn2C1CCOCC1. The lowest BCUT2D eigenvalue weighted by Crippen LogP contribution is -2.21. The van der Waals surface area contributed by atoms with E-state index >= 15 is 0 Å². The highest BCUT2D eigenvalue weighted by Crippen LogP contribution is 2.32. The zero-order chi connectivity index (χ0) is 22.3. The summed E-state index contributed by atoms with van der Waals surface area (Å²) in [6.07, 6.45) is 1.65. The summed E-state index contributed by atoms with van der Waals surface area (Å²) in [5.74, 6) is 0.254. The number of aromatic nitrogens is 6. The first kappa shape index (κ1) is 20.4. The summed E-state index contributed by atoms with van der Waals surface area (Å²) in [5.41, 5.74) is 0.0742. The van der Waals surface area contributed by atoms with Crippen LogP contribution in [0, 0.1) is 0 Å². The van der Waals surface area contributed by atoms with Crippen molar-refractivity contribution in [3.8, 4) is 5.69 Å². The summed E-state index contributed by atoms with van der Waals surface area (Å²) in [5, 5.41) is 8.82. The first-order valence-electron chi connectivity index (χ1n) is 10.1. The van der Waals surface area contributed by atoms with Crippen LogP contribution in [-0.4, -0.2) is 42.7 Å². The topological polar surface area (TPSA) is 90.6 Å². The number of hydrogen-bond donors (Lipinski definition) is 1. The van der Waals surface area contributed by atoms with E-state index in [9.17, 15) is 18.0 Å². The number of nitrogens with zero attached hydrogens (tertiary/aromatic N) is 5. The smallest absolute Gasteiger partial charge is 0.381 e. The molecule has 0 saturated carbocycles. The molecule has 5 rings (SSSR count). The van der Waals surface area contributed by atoms with E-state index in [4.69, 9.17) is 4.74 Å². The van der Waals surface area contributed by atoms with Gasteiger partial charge in [-0.25, -0.2) is 14.3 Å². The lowest BCUT2D eigenvalue weighted by atomic mass is 10.0. The van der Waals surface area contributed by atoms with E-state index < -0.39 is 11.7 Å². The molecule has 0 unspecified atom stereocenters. The number of benzene rings is 1. The fraction of sp³-hybridized carbons (Fsp3) is 0.333. The first-order valence-corrected chi connectivity index (χ1v) is 10.1. The Hall–Kier alpha value is -3.47. The van der Waals surface area contributed by atoms with Gasteiger partial charge in [-0.2, -0.15) is 23.4 Å². The van der Waals surface area contributed by atoms with Gasteiger partial charge >= 0.3 is 6.18 Å². The number of alkyl halides is 3. The molecule has 32 heavy (non-hydrogen) atoms. The van der Waals surface area contributed by atoms with Crippen molar-refractivity contribution >= 4 is 11.0 Å². The highest BCUT2D eigenvalue weighted by Gasteiger charge is 2.31. The minimum atomic E-state index is -4.50. The summed E-state index contributed by atoms with van der Waals surface area (Å²) in [6.45, 7) is 1.19. The molecular formula is C21H19F3N6O2. The maximum absolute atomic E-state index is 13.4. The molecule has 166 valence electrons. The molecule has 1 N–H and O–H groups in total. The van der Waals surface area contributed by atoms with Gasteiger partial charge in [0, 0.05) is 32.0 Å². The lowest BCUT2D eigenvalue weighted by molar-refractivity contribution is -0.137. The Balaban J connectivity index is 1.58. The Labute approximate surface area is 179 Å². The molecule has 1 fully saturated rings. The second-order valence-electron chi connectivity index (χ2n) is 7.65. The Morgan fingerprint density at radius 3 is 2.72 bits per heavy atom.